The van der Waals surface area contributed by atoms with Crippen molar-refractivity contribution in [2.24, 2.45) is 5.16 Å². The van der Waals surface area contributed by atoms with Crippen LogP contribution >= 0.6 is 15.9 Å². The van der Waals surface area contributed by atoms with Crippen LogP contribution in [0.15, 0.2) is 58.7 Å². The zero-order chi connectivity index (χ0) is 17.4. The van der Waals surface area contributed by atoms with Crippen molar-refractivity contribution in [2.45, 2.75) is 20.0 Å². The van der Waals surface area contributed by atoms with Gasteiger partial charge in [-0.2, -0.15) is 0 Å². The second-order valence-corrected chi connectivity index (χ2v) is 6.01. The molecule has 0 aromatic heterocycles. The summed E-state index contributed by atoms with van der Waals surface area (Å²) in [4.78, 5) is 0. The zero-order valence-corrected chi connectivity index (χ0v) is 15.1. The maximum Gasteiger partial charge on any atom is 0.165 e. The molecule has 126 valence electrons. The van der Waals surface area contributed by atoms with Crippen LogP contribution in [-0.2, 0) is 13.0 Å². The van der Waals surface area contributed by atoms with Crippen LogP contribution in [0.4, 0.5) is 0 Å². The zero-order valence-electron chi connectivity index (χ0n) is 13.5. The maximum atomic E-state index is 8.78. The second-order valence-electron chi connectivity index (χ2n) is 5.09. The number of oxime groups is 1. The molecule has 2 aromatic rings. The molecule has 0 fully saturated rings. The molecule has 0 unspecified atom stereocenters. The van der Waals surface area contributed by atoms with E-state index in [0.29, 0.717) is 31.1 Å². The summed E-state index contributed by atoms with van der Waals surface area (Å²) in [5, 5.41) is 11.9. The topological polar surface area (TPSA) is 51.1 Å². The Morgan fingerprint density at radius 1 is 1.21 bits per heavy atom. The largest absolute Gasteiger partial charge is 0.490 e. The fourth-order valence-electron chi connectivity index (χ4n) is 2.29. The Morgan fingerprint density at radius 3 is 2.58 bits per heavy atom. The van der Waals surface area contributed by atoms with Gasteiger partial charge in [-0.1, -0.05) is 39.3 Å². The van der Waals surface area contributed by atoms with E-state index in [9.17, 15) is 0 Å². The van der Waals surface area contributed by atoms with E-state index in [4.69, 9.17) is 14.7 Å². The summed E-state index contributed by atoms with van der Waals surface area (Å²) in [7, 11) is 0. The van der Waals surface area contributed by atoms with Crippen LogP contribution in [0.3, 0.4) is 0 Å². The fourth-order valence-corrected chi connectivity index (χ4v) is 2.56. The third kappa shape index (κ3) is 4.86. The van der Waals surface area contributed by atoms with Gasteiger partial charge in [-0.3, -0.25) is 0 Å². The van der Waals surface area contributed by atoms with Gasteiger partial charge in [0.25, 0.3) is 0 Å². The Labute approximate surface area is 150 Å². The van der Waals surface area contributed by atoms with Crippen LogP contribution in [0, 0.1) is 0 Å². The first-order chi connectivity index (χ1) is 11.7. The number of hydrogen-bond donors (Lipinski definition) is 1. The van der Waals surface area contributed by atoms with Crippen molar-refractivity contribution in [3.05, 3.63) is 70.2 Å². The minimum atomic E-state index is 0.435. The van der Waals surface area contributed by atoms with E-state index >= 15 is 0 Å². The first-order valence-corrected chi connectivity index (χ1v) is 8.42. The lowest BCUT2D eigenvalue weighted by Crippen LogP contribution is -2.04. The Kier molecular flexibility index (Phi) is 6.88. The smallest absolute Gasteiger partial charge is 0.165 e. The summed E-state index contributed by atoms with van der Waals surface area (Å²) >= 11 is 3.42. The molecule has 0 saturated carbocycles. The highest BCUT2D eigenvalue weighted by Gasteiger charge is 2.13. The van der Waals surface area contributed by atoms with E-state index in [1.807, 2.05) is 37.3 Å². The van der Waals surface area contributed by atoms with Gasteiger partial charge in [0.15, 0.2) is 11.5 Å². The summed E-state index contributed by atoms with van der Waals surface area (Å²) < 4.78 is 12.8. The molecule has 0 heterocycles. The minimum absolute atomic E-state index is 0.435. The second kappa shape index (κ2) is 9.13. The highest BCUT2D eigenvalue weighted by Crippen LogP contribution is 2.34. The molecular weight excluding hydrogens is 370 g/mol. The Bertz CT molecular complexity index is 711. The summed E-state index contributed by atoms with van der Waals surface area (Å²) in [6.07, 6.45) is 3.80. The molecule has 0 aliphatic carbocycles. The Balaban J connectivity index is 2.33. The molecule has 24 heavy (non-hydrogen) atoms. The molecule has 0 aliphatic rings. The number of hydrogen-bond acceptors (Lipinski definition) is 4. The van der Waals surface area contributed by atoms with Gasteiger partial charge in [-0.05, 0) is 43.2 Å². The standard InChI is InChI=1S/C19H20BrNO3/c1-3-5-16-10-15(12-21-22)11-18(23-4-2)19(16)24-13-14-6-8-17(20)9-7-14/h3,6-12,22H,1,4-5,13H2,2H3/b21-12-. The molecule has 0 radical (unpaired) electrons. The average Bonchev–Trinajstić information content (AvgIpc) is 2.56. The SMILES string of the molecule is C=CCc1cc(/C=N\O)cc(OCC)c1OCc1ccc(Br)cc1. The summed E-state index contributed by atoms with van der Waals surface area (Å²) in [5.74, 6) is 1.32. The van der Waals surface area contributed by atoms with Gasteiger partial charge in [0.05, 0.1) is 12.8 Å². The fraction of sp³-hybridized carbons (Fsp3) is 0.211. The summed E-state index contributed by atoms with van der Waals surface area (Å²) in [6.45, 7) is 6.66. The first-order valence-electron chi connectivity index (χ1n) is 7.63. The molecule has 0 amide bonds. The predicted molar refractivity (Wildman–Crippen MR) is 99.4 cm³/mol. The van der Waals surface area contributed by atoms with Crippen LogP contribution in [0.25, 0.3) is 0 Å². The lowest BCUT2D eigenvalue weighted by atomic mass is 10.1. The number of allylic oxidation sites excluding steroid dienone is 1. The molecule has 0 spiro atoms. The van der Waals surface area contributed by atoms with Gasteiger partial charge in [-0.25, -0.2) is 0 Å². The third-order valence-electron chi connectivity index (χ3n) is 3.32. The van der Waals surface area contributed by atoms with Gasteiger partial charge in [0, 0.05) is 15.6 Å². The van der Waals surface area contributed by atoms with Crippen molar-refractivity contribution in [2.75, 3.05) is 6.61 Å². The molecule has 4 nitrogen and oxygen atoms in total. The third-order valence-corrected chi connectivity index (χ3v) is 3.85. The molecular formula is C19H20BrNO3. The highest BCUT2D eigenvalue weighted by atomic mass is 79.9. The van der Waals surface area contributed by atoms with Crippen molar-refractivity contribution in [3.8, 4) is 11.5 Å². The molecule has 0 aliphatic heterocycles. The molecule has 0 saturated heterocycles. The van der Waals surface area contributed by atoms with Crippen LogP contribution < -0.4 is 9.47 Å². The normalized spacial score (nSPS) is 10.8. The minimum Gasteiger partial charge on any atom is -0.490 e. The number of nitrogens with zero attached hydrogens (tertiary/aromatic N) is 1. The van der Waals surface area contributed by atoms with E-state index in [0.717, 1.165) is 21.2 Å². The Hall–Kier alpha value is -2.27. The molecule has 0 bridgehead atoms. The van der Waals surface area contributed by atoms with E-state index < -0.39 is 0 Å². The molecule has 2 aromatic carbocycles. The number of halogens is 1. The quantitative estimate of drug-likeness (QED) is 0.300. The molecule has 1 N–H and O–H groups in total. The maximum absolute atomic E-state index is 8.78. The van der Waals surface area contributed by atoms with E-state index in [1.165, 1.54) is 6.21 Å². The van der Waals surface area contributed by atoms with Gasteiger partial charge < -0.3 is 14.7 Å². The lowest BCUT2D eigenvalue weighted by molar-refractivity contribution is 0.267. The van der Waals surface area contributed by atoms with Gasteiger partial charge in [-0.15, -0.1) is 6.58 Å². The van der Waals surface area contributed by atoms with Crippen LogP contribution in [0.1, 0.15) is 23.6 Å². The number of benzene rings is 2. The highest BCUT2D eigenvalue weighted by molar-refractivity contribution is 9.10. The van der Waals surface area contributed by atoms with Crippen molar-refractivity contribution in [3.63, 3.8) is 0 Å². The monoisotopic (exact) mass is 389 g/mol. The molecule has 5 heteroatoms. The number of rotatable bonds is 8. The van der Waals surface area contributed by atoms with Crippen molar-refractivity contribution in [1.82, 2.24) is 0 Å². The average molecular weight is 390 g/mol. The van der Waals surface area contributed by atoms with Crippen molar-refractivity contribution < 1.29 is 14.7 Å². The Morgan fingerprint density at radius 2 is 1.96 bits per heavy atom. The molecule has 2 rings (SSSR count). The summed E-state index contributed by atoms with van der Waals surface area (Å²) in [6, 6.07) is 11.7. The van der Waals surface area contributed by atoms with E-state index in [2.05, 4.69) is 27.7 Å². The van der Waals surface area contributed by atoms with Crippen LogP contribution in [0.5, 0.6) is 11.5 Å². The number of ether oxygens (including phenoxy) is 2. The van der Waals surface area contributed by atoms with Gasteiger partial charge in [0.1, 0.15) is 6.61 Å². The van der Waals surface area contributed by atoms with Gasteiger partial charge >= 0.3 is 0 Å². The lowest BCUT2D eigenvalue weighted by Gasteiger charge is -2.16. The predicted octanol–water partition coefficient (Wildman–Crippen LogP) is 4.96. The summed E-state index contributed by atoms with van der Waals surface area (Å²) in [5.41, 5.74) is 2.74. The van der Waals surface area contributed by atoms with Gasteiger partial charge in [0.2, 0.25) is 0 Å². The van der Waals surface area contributed by atoms with E-state index in [-0.39, 0.29) is 0 Å². The van der Waals surface area contributed by atoms with Crippen LogP contribution in [-0.4, -0.2) is 18.0 Å². The van der Waals surface area contributed by atoms with Crippen molar-refractivity contribution >= 4 is 22.1 Å². The van der Waals surface area contributed by atoms with Crippen LogP contribution in [0.2, 0.25) is 0 Å². The van der Waals surface area contributed by atoms with Crippen molar-refractivity contribution in [1.29, 1.82) is 0 Å². The molecule has 0 atom stereocenters. The van der Waals surface area contributed by atoms with E-state index in [1.54, 1.807) is 12.1 Å². The first kappa shape index (κ1) is 18.1.